The van der Waals surface area contributed by atoms with E-state index in [0.29, 0.717) is 18.7 Å². The second-order valence-corrected chi connectivity index (χ2v) is 4.99. The minimum atomic E-state index is 0.602. The van der Waals surface area contributed by atoms with Crippen molar-refractivity contribution in [1.29, 1.82) is 5.26 Å². The van der Waals surface area contributed by atoms with Gasteiger partial charge in [-0.25, -0.2) is 0 Å². The van der Waals surface area contributed by atoms with Crippen molar-refractivity contribution in [2.45, 2.75) is 27.0 Å². The van der Waals surface area contributed by atoms with E-state index < -0.39 is 0 Å². The molecule has 0 aliphatic rings. The largest absolute Gasteiger partial charge is 0.380 e. The van der Waals surface area contributed by atoms with Crippen LogP contribution in [0.25, 0.3) is 0 Å². The number of hydrogen-bond donors (Lipinski definition) is 1. The second-order valence-electron chi connectivity index (χ2n) is 4.99. The van der Waals surface area contributed by atoms with E-state index in [-0.39, 0.29) is 0 Å². The molecule has 4 heteroatoms. The summed E-state index contributed by atoms with van der Waals surface area (Å²) < 4.78 is 5.14. The number of nitriles is 1. The van der Waals surface area contributed by atoms with Crippen LogP contribution < -0.4 is 5.32 Å². The van der Waals surface area contributed by atoms with E-state index in [1.807, 2.05) is 32.0 Å². The Kier molecular flexibility index (Phi) is 4.91. The standard InChI is InChI=1S/C17H19N3O/c1-12-7-17(16(9-18)13(2)20-12)19-10-14-5-4-6-15(8-14)11-21-3/h4-8H,10-11H2,1-3H3,(H,19,20). The van der Waals surface area contributed by atoms with E-state index in [1.165, 1.54) is 0 Å². The summed E-state index contributed by atoms with van der Waals surface area (Å²) >= 11 is 0. The van der Waals surface area contributed by atoms with Gasteiger partial charge in [0.1, 0.15) is 6.07 Å². The molecule has 0 aliphatic heterocycles. The number of aryl methyl sites for hydroxylation is 2. The van der Waals surface area contributed by atoms with Gasteiger partial charge in [0.05, 0.1) is 23.6 Å². The normalized spacial score (nSPS) is 10.2. The van der Waals surface area contributed by atoms with Gasteiger partial charge in [-0.15, -0.1) is 0 Å². The first-order valence-electron chi connectivity index (χ1n) is 6.83. The minimum absolute atomic E-state index is 0.602. The fraction of sp³-hybridized carbons (Fsp3) is 0.294. The van der Waals surface area contributed by atoms with Gasteiger partial charge in [0, 0.05) is 19.3 Å². The lowest BCUT2D eigenvalue weighted by atomic mass is 10.1. The molecule has 1 heterocycles. The highest BCUT2D eigenvalue weighted by molar-refractivity contribution is 5.60. The molecule has 1 N–H and O–H groups in total. The predicted molar refractivity (Wildman–Crippen MR) is 82.9 cm³/mol. The van der Waals surface area contributed by atoms with Crippen LogP contribution in [0, 0.1) is 25.2 Å². The Labute approximate surface area is 125 Å². The number of nitrogens with one attached hydrogen (secondary N) is 1. The van der Waals surface area contributed by atoms with Crippen LogP contribution >= 0.6 is 0 Å². The van der Waals surface area contributed by atoms with Crippen molar-refractivity contribution in [3.05, 3.63) is 58.4 Å². The maximum atomic E-state index is 9.25. The Morgan fingerprint density at radius 1 is 1.24 bits per heavy atom. The zero-order valence-corrected chi connectivity index (χ0v) is 12.6. The van der Waals surface area contributed by atoms with Crippen LogP contribution in [0.4, 0.5) is 5.69 Å². The number of pyridine rings is 1. The molecular formula is C17H19N3O. The van der Waals surface area contributed by atoms with Gasteiger partial charge in [0.15, 0.2) is 0 Å². The SMILES string of the molecule is COCc1cccc(CNc2cc(C)nc(C)c2C#N)c1. The molecule has 0 amide bonds. The van der Waals surface area contributed by atoms with Gasteiger partial charge in [-0.3, -0.25) is 4.98 Å². The van der Waals surface area contributed by atoms with Gasteiger partial charge >= 0.3 is 0 Å². The molecule has 2 rings (SSSR count). The van der Waals surface area contributed by atoms with E-state index in [0.717, 1.165) is 28.2 Å². The number of ether oxygens (including phenoxy) is 1. The second kappa shape index (κ2) is 6.87. The first-order valence-corrected chi connectivity index (χ1v) is 6.83. The Morgan fingerprint density at radius 3 is 2.71 bits per heavy atom. The fourth-order valence-corrected chi connectivity index (χ4v) is 2.30. The van der Waals surface area contributed by atoms with Crippen LogP contribution in [-0.2, 0) is 17.9 Å². The summed E-state index contributed by atoms with van der Waals surface area (Å²) in [5.41, 5.74) is 5.39. The van der Waals surface area contributed by atoms with Crippen LogP contribution in [0.3, 0.4) is 0 Å². The maximum absolute atomic E-state index is 9.25. The molecule has 0 fully saturated rings. The van der Waals surface area contributed by atoms with Crippen molar-refractivity contribution < 1.29 is 4.74 Å². The minimum Gasteiger partial charge on any atom is -0.380 e. The van der Waals surface area contributed by atoms with E-state index in [9.17, 15) is 5.26 Å². The molecule has 0 bridgehead atoms. The third-order valence-corrected chi connectivity index (χ3v) is 3.23. The Hall–Kier alpha value is -2.38. The van der Waals surface area contributed by atoms with E-state index >= 15 is 0 Å². The quantitative estimate of drug-likeness (QED) is 0.913. The van der Waals surface area contributed by atoms with E-state index in [1.54, 1.807) is 7.11 Å². The van der Waals surface area contributed by atoms with Crippen LogP contribution in [-0.4, -0.2) is 12.1 Å². The molecule has 0 aliphatic carbocycles. The van der Waals surface area contributed by atoms with Crippen LogP contribution in [0.2, 0.25) is 0 Å². The molecule has 1 aromatic heterocycles. The number of aromatic nitrogens is 1. The monoisotopic (exact) mass is 281 g/mol. The fourth-order valence-electron chi connectivity index (χ4n) is 2.30. The third-order valence-electron chi connectivity index (χ3n) is 3.23. The molecule has 0 unspecified atom stereocenters. The number of methoxy groups -OCH3 is 1. The van der Waals surface area contributed by atoms with Crippen molar-refractivity contribution in [2.24, 2.45) is 0 Å². The van der Waals surface area contributed by atoms with Crippen molar-refractivity contribution in [1.82, 2.24) is 4.98 Å². The predicted octanol–water partition coefficient (Wildman–Crippen LogP) is 3.33. The summed E-state index contributed by atoms with van der Waals surface area (Å²) in [6, 6.07) is 12.3. The van der Waals surface area contributed by atoms with Crippen LogP contribution in [0.5, 0.6) is 0 Å². The summed E-state index contributed by atoms with van der Waals surface area (Å²) in [5.74, 6) is 0. The Morgan fingerprint density at radius 2 is 2.00 bits per heavy atom. The number of rotatable bonds is 5. The van der Waals surface area contributed by atoms with Gasteiger partial charge in [-0.2, -0.15) is 5.26 Å². The van der Waals surface area contributed by atoms with Crippen molar-refractivity contribution in [3.63, 3.8) is 0 Å². The van der Waals surface area contributed by atoms with E-state index in [4.69, 9.17) is 4.74 Å². The zero-order valence-electron chi connectivity index (χ0n) is 12.6. The summed E-state index contributed by atoms with van der Waals surface area (Å²) in [5, 5.41) is 12.6. The summed E-state index contributed by atoms with van der Waals surface area (Å²) in [6.45, 7) is 5.05. The smallest absolute Gasteiger partial charge is 0.103 e. The number of benzene rings is 1. The number of anilines is 1. The summed E-state index contributed by atoms with van der Waals surface area (Å²) in [6.07, 6.45) is 0. The average molecular weight is 281 g/mol. The topological polar surface area (TPSA) is 57.9 Å². The van der Waals surface area contributed by atoms with E-state index in [2.05, 4.69) is 28.5 Å². The lowest BCUT2D eigenvalue weighted by Crippen LogP contribution is -2.05. The molecule has 4 nitrogen and oxygen atoms in total. The molecule has 108 valence electrons. The van der Waals surface area contributed by atoms with Crippen molar-refractivity contribution in [3.8, 4) is 6.07 Å². The molecule has 21 heavy (non-hydrogen) atoms. The first-order chi connectivity index (χ1) is 10.1. The lowest BCUT2D eigenvalue weighted by molar-refractivity contribution is 0.185. The van der Waals surface area contributed by atoms with Gasteiger partial charge in [-0.05, 0) is 31.0 Å². The summed E-state index contributed by atoms with van der Waals surface area (Å²) in [7, 11) is 1.69. The first kappa shape index (κ1) is 15.0. The summed E-state index contributed by atoms with van der Waals surface area (Å²) in [4.78, 5) is 4.32. The molecule has 0 saturated carbocycles. The maximum Gasteiger partial charge on any atom is 0.103 e. The molecule has 0 atom stereocenters. The van der Waals surface area contributed by atoms with Crippen molar-refractivity contribution >= 4 is 5.69 Å². The van der Waals surface area contributed by atoms with Crippen LogP contribution in [0.1, 0.15) is 28.1 Å². The number of nitrogens with zero attached hydrogens (tertiary/aromatic N) is 2. The van der Waals surface area contributed by atoms with Crippen LogP contribution in [0.15, 0.2) is 30.3 Å². The van der Waals surface area contributed by atoms with Gasteiger partial charge in [0.25, 0.3) is 0 Å². The van der Waals surface area contributed by atoms with Gasteiger partial charge in [0.2, 0.25) is 0 Å². The molecule has 0 saturated heterocycles. The molecule has 0 spiro atoms. The molecular weight excluding hydrogens is 262 g/mol. The highest BCUT2D eigenvalue weighted by Crippen LogP contribution is 2.19. The lowest BCUT2D eigenvalue weighted by Gasteiger charge is -2.11. The van der Waals surface area contributed by atoms with Gasteiger partial charge in [-0.1, -0.05) is 24.3 Å². The Balaban J connectivity index is 2.17. The molecule has 2 aromatic rings. The average Bonchev–Trinajstić information content (AvgIpc) is 2.45. The Bertz CT molecular complexity index is 674. The third kappa shape index (κ3) is 3.80. The molecule has 1 aromatic carbocycles. The number of hydrogen-bond acceptors (Lipinski definition) is 4. The molecule has 0 radical (unpaired) electrons. The highest BCUT2D eigenvalue weighted by atomic mass is 16.5. The zero-order chi connectivity index (χ0) is 15.2. The van der Waals surface area contributed by atoms with Gasteiger partial charge < -0.3 is 10.1 Å². The van der Waals surface area contributed by atoms with Crippen molar-refractivity contribution in [2.75, 3.05) is 12.4 Å². The highest BCUT2D eigenvalue weighted by Gasteiger charge is 2.07.